The number of guanidine groups is 1. The molecule has 0 aromatic heterocycles. The molecule has 5 aliphatic heterocycles. The fourth-order valence-corrected chi connectivity index (χ4v) is 16.8. The number of carboxylic acid groups (broad SMARTS) is 1. The number of allylic oxidation sites excluding steroid dienone is 6. The van der Waals surface area contributed by atoms with Crippen LogP contribution >= 0.6 is 0 Å². The van der Waals surface area contributed by atoms with E-state index in [2.05, 4.69) is 31.6 Å². The molecule has 5 heterocycles. The van der Waals surface area contributed by atoms with Crippen molar-refractivity contribution in [1.29, 1.82) is 0 Å². The predicted molar refractivity (Wildman–Crippen MR) is 357 cm³/mol. The van der Waals surface area contributed by atoms with Crippen LogP contribution in [0.5, 0.6) is 0 Å². The highest BCUT2D eigenvalue weighted by Gasteiger charge is 2.52. The van der Waals surface area contributed by atoms with E-state index in [1.807, 2.05) is 50.2 Å². The molecule has 35 heteroatoms. The number of unbranched alkanes of at least 4 members (excludes halogenated alkanes) is 2. The van der Waals surface area contributed by atoms with E-state index in [0.717, 1.165) is 12.1 Å². The molecule has 0 saturated carbocycles. The molecule has 0 radical (unpaired) electrons. The van der Waals surface area contributed by atoms with Crippen molar-refractivity contribution in [2.75, 3.05) is 37.6 Å². The number of anilines is 1. The Morgan fingerprint density at radius 1 is 0.714 bits per heavy atom. The number of hydrogen-bond acceptors (Lipinski definition) is 17. The Labute approximate surface area is 565 Å². The molecule has 4 aromatic rings. The summed E-state index contributed by atoms with van der Waals surface area (Å²) < 4.78 is 144. The van der Waals surface area contributed by atoms with Gasteiger partial charge >= 0.3 is 5.97 Å². The number of nitrogens with one attached hydrogen (secondary N) is 5. The smallest absolute Gasteiger partial charge is 0.305 e. The Morgan fingerprint density at radius 2 is 1.35 bits per heavy atom. The van der Waals surface area contributed by atoms with Crippen LogP contribution in [0.15, 0.2) is 109 Å². The molecule has 9 rings (SSSR count). The van der Waals surface area contributed by atoms with Crippen LogP contribution in [-0.2, 0) is 84.9 Å². The van der Waals surface area contributed by atoms with Gasteiger partial charge in [-0.15, -0.1) is 0 Å². The van der Waals surface area contributed by atoms with Crippen LogP contribution < -0.4 is 43.0 Å². The van der Waals surface area contributed by atoms with Crippen LogP contribution in [0.25, 0.3) is 21.5 Å². The van der Waals surface area contributed by atoms with E-state index in [1.165, 1.54) is 17.0 Å². The third-order valence-corrected chi connectivity index (χ3v) is 22.0. The molecule has 3 saturated heterocycles. The molecule has 98 heavy (non-hydrogen) atoms. The molecular formula is C63H78N11O20S4+. The number of likely N-dealkylation sites (N-methyl/N-ethyl adjacent to an activating group) is 1. The number of carbonyl (C=O) groups is 7. The normalized spacial score (nSPS) is 22.6. The minimum atomic E-state index is -5.08. The van der Waals surface area contributed by atoms with Crippen molar-refractivity contribution in [2.45, 2.75) is 159 Å². The predicted octanol–water partition coefficient (Wildman–Crippen LogP) is 2.34. The second-order valence-electron chi connectivity index (χ2n) is 25.7. The van der Waals surface area contributed by atoms with Crippen molar-refractivity contribution in [3.05, 3.63) is 95.7 Å². The summed E-state index contributed by atoms with van der Waals surface area (Å²) >= 11 is 0. The Morgan fingerprint density at radius 3 is 1.95 bits per heavy atom. The number of aliphatic carboxylic acids is 1. The first-order chi connectivity index (χ1) is 45.7. The Bertz CT molecular complexity index is 4640. The number of nitrogens with two attached hydrogens (primary N) is 2. The summed E-state index contributed by atoms with van der Waals surface area (Å²) in [6, 6.07) is 3.79. The quantitative estimate of drug-likeness (QED) is 0.0134. The summed E-state index contributed by atoms with van der Waals surface area (Å²) in [4.78, 5) is 99.0. The highest BCUT2D eigenvalue weighted by Crippen LogP contribution is 2.52. The lowest BCUT2D eigenvalue weighted by Crippen LogP contribution is -2.65. The summed E-state index contributed by atoms with van der Waals surface area (Å²) in [5.41, 5.74) is 12.3. The maximum atomic E-state index is 14.6. The summed E-state index contributed by atoms with van der Waals surface area (Å²) in [5.74, 6) is -7.01. The summed E-state index contributed by atoms with van der Waals surface area (Å²) in [5, 5.41) is 22.9. The van der Waals surface area contributed by atoms with E-state index in [1.54, 1.807) is 36.4 Å². The number of carbonyl (C=O) groups excluding carboxylic acids is 6. The van der Waals surface area contributed by atoms with E-state index in [-0.39, 0.29) is 79.2 Å². The van der Waals surface area contributed by atoms with Crippen LogP contribution in [0.1, 0.15) is 110 Å². The zero-order chi connectivity index (χ0) is 71.9. The molecule has 0 aliphatic carbocycles. The summed E-state index contributed by atoms with van der Waals surface area (Å²) in [7, 11) is -20.1. The average molecular weight is 1440 g/mol. The lowest BCUT2D eigenvalue weighted by molar-refractivity contribution is -0.438. The Hall–Kier alpha value is -8.71. The van der Waals surface area contributed by atoms with Crippen LogP contribution in [0, 0.1) is 5.92 Å². The number of aliphatic imine (C=N–C) groups is 1. The van der Waals surface area contributed by atoms with E-state index in [4.69, 9.17) is 11.5 Å². The van der Waals surface area contributed by atoms with Gasteiger partial charge in [-0.25, -0.2) is 0 Å². The fourth-order valence-electron chi connectivity index (χ4n) is 14.2. The number of piperidine rings is 1. The van der Waals surface area contributed by atoms with Crippen LogP contribution in [0.3, 0.4) is 0 Å². The molecule has 6 amide bonds. The maximum Gasteiger partial charge on any atom is 0.305 e. The second kappa shape index (κ2) is 28.3. The standard InChI is InChI=1S/C63H77N11O20S4/c1-6-72-44-22-19-38-40(27-36(95(83,84)85)29-47(38)97(89,90)91)54(44)62(2,3)49(72)15-9-7-10-16-50-63(4,5)55-41-28-37(96(86,87)88)30-48(98(92,93)94)39(41)20-23-45(55)73(50)25-12-8-11-17-51(75)67-32-34-26-35-18-21-46-59(81)70-42(14-13-24-66-61(64)65)57(79)68-33-52(76)69-43(31-53(77)78)58(80)71-56(34)60(82)74(35)46/h7,9-10,15-16,19-20,22-23,27-30,34-35,42-43,46,56H,6,8,11-14,17-18,21,24-26,31-33H2,1-5H3,(H13-,64,65,66,67,68,69,70,71,75,76,77,78,79,80,81,83,84,85,86,87,88,89,90,91,92,93,94)/p+1/t34?,35?,42?,43?,46?,56-/m1/s1. The molecule has 5 aliphatic rings. The molecule has 2 bridgehead atoms. The number of hydrogen-bond donors (Lipinski definition) is 12. The average Bonchev–Trinajstić information content (AvgIpc) is 1.66. The molecule has 14 N–H and O–H groups in total. The highest BCUT2D eigenvalue weighted by atomic mass is 32.2. The van der Waals surface area contributed by atoms with Gasteiger partial charge in [-0.2, -0.15) is 38.2 Å². The summed E-state index contributed by atoms with van der Waals surface area (Å²) in [6.45, 7) is 9.10. The highest BCUT2D eigenvalue weighted by molar-refractivity contribution is 7.87. The van der Waals surface area contributed by atoms with E-state index in [9.17, 15) is 90.6 Å². The zero-order valence-corrected chi connectivity index (χ0v) is 57.3. The molecule has 31 nitrogen and oxygen atoms in total. The number of amides is 6. The number of carboxylic acids is 1. The first-order valence-electron chi connectivity index (χ1n) is 31.4. The lowest BCUT2D eigenvalue weighted by atomic mass is 9.79. The van der Waals surface area contributed by atoms with Gasteiger partial charge in [0.15, 0.2) is 11.7 Å². The van der Waals surface area contributed by atoms with Crippen molar-refractivity contribution >= 4 is 126 Å². The van der Waals surface area contributed by atoms with Gasteiger partial charge in [0.25, 0.3) is 40.5 Å². The molecule has 3 fully saturated rings. The van der Waals surface area contributed by atoms with Crippen molar-refractivity contribution in [1.82, 2.24) is 31.5 Å². The number of benzene rings is 4. The van der Waals surface area contributed by atoms with Gasteiger partial charge in [-0.05, 0) is 125 Å². The lowest BCUT2D eigenvalue weighted by Gasteiger charge is -2.42. The van der Waals surface area contributed by atoms with Gasteiger partial charge in [0.05, 0.1) is 28.2 Å². The third kappa shape index (κ3) is 15.4. The van der Waals surface area contributed by atoms with Crippen molar-refractivity contribution in [3.63, 3.8) is 0 Å². The van der Waals surface area contributed by atoms with Gasteiger partial charge in [-0.3, -0.25) is 56.8 Å². The topological polar surface area (TPSA) is 491 Å². The maximum absolute atomic E-state index is 14.6. The van der Waals surface area contributed by atoms with Gasteiger partial charge < -0.3 is 53.0 Å². The number of nitrogens with zero attached hydrogens (tertiary/aromatic N) is 4. The van der Waals surface area contributed by atoms with Crippen molar-refractivity contribution in [2.24, 2.45) is 22.4 Å². The molecular weight excluding hydrogens is 1360 g/mol. The summed E-state index contributed by atoms with van der Waals surface area (Å²) in [6.07, 6.45) is 9.96. The SMILES string of the molecule is CCN1C(=CC=CC=CC2=[N+](CCCCCC(=O)NCC3CC4CCC5C(=O)NC(CCCN=C(N)N)C(=O)NCC(=O)NC(CC(=O)O)C(=O)N[C@H]3C(=O)N45)c3ccc4c(S(=O)(=O)O)cc(S(=O)(=O)O)cc4c3C2(C)C)C(C)(C)c2c1ccc1c(S(=O)(=O)O)cc(S(=O)(=O)O)cc21. The second-order valence-corrected chi connectivity index (χ2v) is 31.3. The van der Waals surface area contributed by atoms with E-state index < -0.39 is 161 Å². The number of fused-ring (bicyclic) bond motifs is 7. The van der Waals surface area contributed by atoms with Crippen LogP contribution in [0.2, 0.25) is 0 Å². The van der Waals surface area contributed by atoms with Gasteiger partial charge in [-0.1, -0.05) is 38.1 Å². The molecule has 528 valence electrons. The van der Waals surface area contributed by atoms with Crippen LogP contribution in [0.4, 0.5) is 11.4 Å². The minimum absolute atomic E-state index is 0.0189. The van der Waals surface area contributed by atoms with Gasteiger partial charge in [0.1, 0.15) is 40.5 Å². The van der Waals surface area contributed by atoms with Crippen molar-refractivity contribution < 1.29 is 95.1 Å². The fraction of sp³-hybridized carbons (Fsp3) is 0.444. The third-order valence-electron chi connectivity index (χ3n) is 18.5. The molecule has 4 aromatic carbocycles. The van der Waals surface area contributed by atoms with E-state index in [0.29, 0.717) is 78.3 Å². The number of rotatable bonds is 22. The largest absolute Gasteiger partial charge is 0.481 e. The van der Waals surface area contributed by atoms with Crippen LogP contribution in [-0.4, -0.2) is 182 Å². The monoisotopic (exact) mass is 1440 g/mol. The van der Waals surface area contributed by atoms with Gasteiger partial charge in [0, 0.05) is 89.7 Å². The Balaban J connectivity index is 0.953. The Kier molecular flexibility index (Phi) is 21.2. The molecule has 5 unspecified atom stereocenters. The first-order valence-corrected chi connectivity index (χ1v) is 37.2. The first kappa shape index (κ1) is 73.5. The van der Waals surface area contributed by atoms with E-state index >= 15 is 0 Å². The minimum Gasteiger partial charge on any atom is -0.481 e. The van der Waals surface area contributed by atoms with Crippen molar-refractivity contribution in [3.8, 4) is 0 Å². The van der Waals surface area contributed by atoms with Gasteiger partial charge in [0.2, 0.25) is 41.1 Å². The zero-order valence-electron chi connectivity index (χ0n) is 54.0. The molecule has 6 atom stereocenters. The molecule has 0 spiro atoms.